The van der Waals surface area contributed by atoms with Crippen LogP contribution in [0.1, 0.15) is 11.4 Å². The Kier molecular flexibility index (Phi) is 6.18. The summed E-state index contributed by atoms with van der Waals surface area (Å²) >= 11 is 2.74. The average molecular weight is 461 g/mol. The summed E-state index contributed by atoms with van der Waals surface area (Å²) in [6.45, 7) is 2.11. The van der Waals surface area contributed by atoms with E-state index in [4.69, 9.17) is 0 Å². The molecule has 0 saturated carbocycles. The van der Waals surface area contributed by atoms with Crippen LogP contribution in [0.25, 0.3) is 0 Å². The first-order valence-corrected chi connectivity index (χ1v) is 11.5. The maximum Gasteiger partial charge on any atom is 0.352 e. The van der Waals surface area contributed by atoms with Gasteiger partial charge in [-0.25, -0.2) is 14.6 Å². The number of nitrogens with one attached hydrogen (secondary N) is 3. The average Bonchev–Trinajstić information content (AvgIpc) is 3.19. The van der Waals surface area contributed by atoms with Crippen LogP contribution < -0.4 is 10.6 Å². The molecule has 4 N–H and O–H groups in total. The second-order valence-electron chi connectivity index (χ2n) is 6.95. The van der Waals surface area contributed by atoms with Gasteiger partial charge in [0.05, 0.1) is 0 Å². The molecule has 31 heavy (non-hydrogen) atoms. The van der Waals surface area contributed by atoms with Gasteiger partial charge in [-0.2, -0.15) is 0 Å². The third-order valence-corrected chi connectivity index (χ3v) is 7.06. The van der Waals surface area contributed by atoms with Crippen molar-refractivity contribution < 1.29 is 19.5 Å². The molecule has 1 fully saturated rings. The zero-order valence-corrected chi connectivity index (χ0v) is 18.1. The standard InChI is InChI=1S/C19H20N6O4S2/c1-10-21-19(24-23-10)31-9-12-8-30-16-13(15(26)25(16)14(12)17(27)28)22-18(29)20-7-11-5-3-2-4-6-11/h2-6,13,16H,7-9H2,1H3,(H,27,28)(H2,20,22,29)(H,21,23,24)/t13?,16-/m0/s1. The van der Waals surface area contributed by atoms with Crippen LogP contribution in [0.4, 0.5) is 4.79 Å². The minimum atomic E-state index is -1.16. The first-order valence-electron chi connectivity index (χ1n) is 9.44. The minimum absolute atomic E-state index is 0.0174. The molecule has 0 radical (unpaired) electrons. The van der Waals surface area contributed by atoms with E-state index in [1.807, 2.05) is 30.3 Å². The van der Waals surface area contributed by atoms with E-state index < -0.39 is 29.3 Å². The third kappa shape index (κ3) is 4.54. The summed E-state index contributed by atoms with van der Waals surface area (Å²) in [5, 5.41) is 22.0. The van der Waals surface area contributed by atoms with Gasteiger partial charge in [0.25, 0.3) is 5.91 Å². The molecule has 2 aliphatic heterocycles. The first kappa shape index (κ1) is 21.2. The van der Waals surface area contributed by atoms with Gasteiger partial charge in [0, 0.05) is 18.1 Å². The predicted molar refractivity (Wildman–Crippen MR) is 115 cm³/mol. The van der Waals surface area contributed by atoms with Gasteiger partial charge >= 0.3 is 12.0 Å². The Morgan fingerprint density at radius 2 is 2.13 bits per heavy atom. The number of benzene rings is 1. The second kappa shape index (κ2) is 9.02. The minimum Gasteiger partial charge on any atom is -0.477 e. The zero-order chi connectivity index (χ0) is 22.0. The van der Waals surface area contributed by atoms with Crippen molar-refractivity contribution in [1.29, 1.82) is 0 Å². The fourth-order valence-electron chi connectivity index (χ4n) is 3.30. The molecule has 3 heterocycles. The number of thioether (sulfide) groups is 2. The summed E-state index contributed by atoms with van der Waals surface area (Å²) in [5.74, 6) is -0.118. The van der Waals surface area contributed by atoms with E-state index in [1.165, 1.54) is 28.4 Å². The number of aryl methyl sites for hydroxylation is 1. The molecular formula is C19H20N6O4S2. The number of rotatable bonds is 7. The molecule has 12 heteroatoms. The van der Waals surface area contributed by atoms with Crippen LogP contribution >= 0.6 is 23.5 Å². The van der Waals surface area contributed by atoms with E-state index in [-0.39, 0.29) is 5.70 Å². The molecule has 0 spiro atoms. The third-order valence-electron chi connectivity index (χ3n) is 4.78. The largest absolute Gasteiger partial charge is 0.477 e. The Labute approximate surface area is 186 Å². The number of hydrogen-bond donors (Lipinski definition) is 4. The molecule has 1 unspecified atom stereocenters. The van der Waals surface area contributed by atoms with E-state index in [0.717, 1.165) is 5.56 Å². The van der Waals surface area contributed by atoms with Crippen molar-refractivity contribution in [3.05, 3.63) is 53.0 Å². The molecule has 1 aromatic carbocycles. The number of aliphatic carboxylic acids is 1. The number of urea groups is 1. The number of β-lactam (4-membered cyclic amide) rings is 1. The van der Waals surface area contributed by atoms with E-state index >= 15 is 0 Å². The fourth-order valence-corrected chi connectivity index (χ4v) is 5.63. The van der Waals surface area contributed by atoms with Crippen molar-refractivity contribution in [2.24, 2.45) is 0 Å². The summed E-state index contributed by atoms with van der Waals surface area (Å²) in [6.07, 6.45) is 0. The molecule has 0 bridgehead atoms. The number of amides is 3. The molecular weight excluding hydrogens is 440 g/mol. The van der Waals surface area contributed by atoms with Gasteiger partial charge in [0.1, 0.15) is 22.9 Å². The number of carbonyl (C=O) groups excluding carboxylic acids is 2. The van der Waals surface area contributed by atoms with Crippen LogP contribution in [0.3, 0.4) is 0 Å². The Balaban J connectivity index is 1.38. The van der Waals surface area contributed by atoms with Crippen molar-refractivity contribution >= 4 is 41.4 Å². The number of fused-ring (bicyclic) bond motifs is 1. The molecule has 2 aromatic rings. The molecule has 0 aliphatic carbocycles. The number of aromatic amines is 1. The molecule has 1 saturated heterocycles. The van der Waals surface area contributed by atoms with Gasteiger partial charge in [-0.15, -0.1) is 16.9 Å². The van der Waals surface area contributed by atoms with Gasteiger partial charge in [-0.1, -0.05) is 42.1 Å². The number of nitrogens with zero attached hydrogens (tertiary/aromatic N) is 3. The molecule has 3 amide bonds. The van der Waals surface area contributed by atoms with Crippen LogP contribution in [0.5, 0.6) is 0 Å². The summed E-state index contributed by atoms with van der Waals surface area (Å²) in [6, 6.07) is 8.18. The van der Waals surface area contributed by atoms with Crippen molar-refractivity contribution in [3.8, 4) is 0 Å². The topological polar surface area (TPSA) is 140 Å². The number of carbonyl (C=O) groups is 3. The number of carboxylic acids is 1. The van der Waals surface area contributed by atoms with Crippen molar-refractivity contribution in [2.75, 3.05) is 11.5 Å². The van der Waals surface area contributed by atoms with Gasteiger partial charge < -0.3 is 15.7 Å². The highest BCUT2D eigenvalue weighted by Crippen LogP contribution is 2.41. The molecule has 2 atom stereocenters. The first-order chi connectivity index (χ1) is 14.9. The Hall–Kier alpha value is -2.99. The monoisotopic (exact) mass is 460 g/mol. The molecule has 2 aliphatic rings. The fraction of sp³-hybridized carbons (Fsp3) is 0.316. The van der Waals surface area contributed by atoms with Gasteiger partial charge in [0.2, 0.25) is 5.16 Å². The van der Waals surface area contributed by atoms with Crippen LogP contribution in [-0.4, -0.2) is 66.0 Å². The van der Waals surface area contributed by atoms with Crippen molar-refractivity contribution in [1.82, 2.24) is 30.7 Å². The lowest BCUT2D eigenvalue weighted by atomic mass is 10.0. The maximum absolute atomic E-state index is 12.7. The molecule has 4 rings (SSSR count). The lowest BCUT2D eigenvalue weighted by Crippen LogP contribution is -2.71. The van der Waals surface area contributed by atoms with Gasteiger partial charge in [-0.3, -0.25) is 14.8 Å². The normalized spacial score (nSPS) is 20.2. The van der Waals surface area contributed by atoms with Gasteiger partial charge in [-0.05, 0) is 18.1 Å². The zero-order valence-electron chi connectivity index (χ0n) is 16.5. The Morgan fingerprint density at radius 1 is 1.35 bits per heavy atom. The van der Waals surface area contributed by atoms with E-state index in [9.17, 15) is 19.5 Å². The highest BCUT2D eigenvalue weighted by Gasteiger charge is 2.54. The number of carboxylic acid groups (broad SMARTS) is 1. The number of aromatic nitrogens is 3. The molecule has 1 aromatic heterocycles. The van der Waals surface area contributed by atoms with Crippen LogP contribution in [-0.2, 0) is 16.1 Å². The lowest BCUT2D eigenvalue weighted by Gasteiger charge is -2.49. The quantitative estimate of drug-likeness (QED) is 0.358. The summed E-state index contributed by atoms with van der Waals surface area (Å²) < 4.78 is 0. The van der Waals surface area contributed by atoms with Crippen molar-refractivity contribution in [2.45, 2.75) is 30.0 Å². The molecule has 10 nitrogen and oxygen atoms in total. The Bertz CT molecular complexity index is 1040. The van der Waals surface area contributed by atoms with E-state index in [1.54, 1.807) is 6.92 Å². The highest BCUT2D eigenvalue weighted by molar-refractivity contribution is 8.01. The summed E-state index contributed by atoms with van der Waals surface area (Å²) in [5.41, 5.74) is 1.55. The smallest absolute Gasteiger partial charge is 0.352 e. The van der Waals surface area contributed by atoms with Crippen molar-refractivity contribution in [3.63, 3.8) is 0 Å². The van der Waals surface area contributed by atoms with Crippen LogP contribution in [0.2, 0.25) is 0 Å². The SMILES string of the molecule is Cc1nc(SCC2=C(C(=O)O)N3C(=O)C(NC(=O)NCc4ccccc4)[C@@H]3SC2)n[nH]1. The number of H-pyrrole nitrogens is 1. The van der Waals surface area contributed by atoms with Crippen LogP contribution in [0, 0.1) is 6.92 Å². The maximum atomic E-state index is 12.7. The predicted octanol–water partition coefficient (Wildman–Crippen LogP) is 1.33. The van der Waals surface area contributed by atoms with E-state index in [0.29, 0.717) is 34.6 Å². The van der Waals surface area contributed by atoms with Gasteiger partial charge in [0.15, 0.2) is 0 Å². The summed E-state index contributed by atoms with van der Waals surface area (Å²) in [4.78, 5) is 42.3. The van der Waals surface area contributed by atoms with Crippen LogP contribution in [0.15, 0.2) is 46.8 Å². The highest BCUT2D eigenvalue weighted by atomic mass is 32.2. The second-order valence-corrected chi connectivity index (χ2v) is 9.00. The molecule has 162 valence electrons. The van der Waals surface area contributed by atoms with E-state index in [2.05, 4.69) is 25.8 Å². The lowest BCUT2D eigenvalue weighted by molar-refractivity contribution is -0.148. The number of hydrogen-bond acceptors (Lipinski definition) is 7. The summed E-state index contributed by atoms with van der Waals surface area (Å²) in [7, 11) is 0. The Morgan fingerprint density at radius 3 is 2.81 bits per heavy atom.